The van der Waals surface area contributed by atoms with Crippen LogP contribution in [0.15, 0.2) is 36.5 Å². The normalized spacial score (nSPS) is 14.7. The fourth-order valence-corrected chi connectivity index (χ4v) is 5.18. The first-order chi connectivity index (χ1) is 15.5. The number of nitrogens with zero attached hydrogens (tertiary/aromatic N) is 3. The van der Waals surface area contributed by atoms with E-state index in [1.54, 1.807) is 8.87 Å². The number of carbonyl (C=O) groups is 2. The van der Waals surface area contributed by atoms with Crippen LogP contribution in [0, 0.1) is 0 Å². The highest BCUT2D eigenvalue weighted by molar-refractivity contribution is 7.88. The highest BCUT2D eigenvalue weighted by atomic mass is 32.2. The van der Waals surface area contributed by atoms with Gasteiger partial charge in [0, 0.05) is 43.4 Å². The molecule has 1 saturated heterocycles. The second-order valence-corrected chi connectivity index (χ2v) is 10.0. The van der Waals surface area contributed by atoms with E-state index >= 15 is 0 Å². The molecule has 0 saturated carbocycles. The molecular weight excluding hydrogens is 450 g/mol. The molecule has 0 atom stereocenters. The second kappa shape index (κ2) is 11.9. The summed E-state index contributed by atoms with van der Waals surface area (Å²) in [6.45, 7) is 2.10. The molecule has 11 heteroatoms. The van der Waals surface area contributed by atoms with E-state index in [-0.39, 0.29) is 12.5 Å². The maximum Gasteiger partial charge on any atom is 0.328 e. The Bertz CT molecular complexity index is 1080. The van der Waals surface area contributed by atoms with Crippen molar-refractivity contribution in [2.24, 2.45) is 0 Å². The van der Waals surface area contributed by atoms with Gasteiger partial charge in [0.15, 0.2) is 0 Å². The van der Waals surface area contributed by atoms with E-state index in [0.29, 0.717) is 25.2 Å². The molecular formula is C22H31N3O7S. The lowest BCUT2D eigenvalue weighted by molar-refractivity contribution is -0.134. The molecule has 3 rings (SSSR count). The molecule has 0 aliphatic carbocycles. The molecule has 0 radical (unpaired) electrons. The molecule has 0 spiro atoms. The van der Waals surface area contributed by atoms with E-state index in [2.05, 4.69) is 4.90 Å². The van der Waals surface area contributed by atoms with Crippen molar-refractivity contribution in [3.05, 3.63) is 47.7 Å². The average molecular weight is 482 g/mol. The van der Waals surface area contributed by atoms with Gasteiger partial charge in [-0.1, -0.05) is 6.07 Å². The van der Waals surface area contributed by atoms with Crippen molar-refractivity contribution in [3.63, 3.8) is 0 Å². The third kappa shape index (κ3) is 7.97. The number of likely N-dealkylation sites (N-methyl/N-ethyl adjacent to an activating group) is 1. The van der Waals surface area contributed by atoms with Gasteiger partial charge in [0.2, 0.25) is 10.0 Å². The van der Waals surface area contributed by atoms with Gasteiger partial charge < -0.3 is 24.8 Å². The first-order valence-corrected chi connectivity index (χ1v) is 12.1. The van der Waals surface area contributed by atoms with Crippen LogP contribution in [0.3, 0.4) is 0 Å². The number of carboxylic acids is 2. The van der Waals surface area contributed by atoms with E-state index in [0.717, 1.165) is 47.8 Å². The summed E-state index contributed by atoms with van der Waals surface area (Å²) < 4.78 is 28.6. The lowest BCUT2D eigenvalue weighted by Gasteiger charge is -2.15. The quantitative estimate of drug-likeness (QED) is 0.456. The number of aliphatic hydroxyl groups excluding tert-OH is 1. The van der Waals surface area contributed by atoms with Crippen LogP contribution >= 0.6 is 0 Å². The third-order valence-corrected chi connectivity index (χ3v) is 7.03. The Morgan fingerprint density at radius 2 is 1.70 bits per heavy atom. The van der Waals surface area contributed by atoms with Crippen molar-refractivity contribution in [1.29, 1.82) is 0 Å². The van der Waals surface area contributed by atoms with Crippen LogP contribution in [0.1, 0.15) is 24.0 Å². The van der Waals surface area contributed by atoms with Crippen molar-refractivity contribution in [1.82, 2.24) is 13.8 Å². The zero-order valence-electron chi connectivity index (χ0n) is 18.8. The van der Waals surface area contributed by atoms with E-state index in [1.165, 1.54) is 0 Å². The largest absolute Gasteiger partial charge is 0.478 e. The Labute approximate surface area is 193 Å². The van der Waals surface area contributed by atoms with Gasteiger partial charge in [-0.05, 0) is 56.6 Å². The zero-order chi connectivity index (χ0) is 24.6. The number of rotatable bonds is 9. The third-order valence-electron chi connectivity index (χ3n) is 5.18. The molecule has 182 valence electrons. The van der Waals surface area contributed by atoms with Crippen LogP contribution < -0.4 is 0 Å². The van der Waals surface area contributed by atoms with Crippen molar-refractivity contribution >= 4 is 32.9 Å². The number of carboxylic acid groups (broad SMARTS) is 2. The van der Waals surface area contributed by atoms with Crippen LogP contribution in [0.5, 0.6) is 0 Å². The number of sulfonamides is 1. The molecule has 1 aromatic heterocycles. The minimum atomic E-state index is -3.25. The van der Waals surface area contributed by atoms with E-state index in [1.807, 2.05) is 38.5 Å². The molecule has 1 fully saturated rings. The lowest BCUT2D eigenvalue weighted by Crippen LogP contribution is -2.29. The standard InChI is InChI=1S/C18H27N3O3S.C4H4O4/c1-19(2)10-7-16-12-20(14-22)18-6-5-15(11-17(16)18)13-25(23,24)21-8-3-4-9-21;5-3(6)1-2-4(7)8/h5-6,11-12,22H,3-4,7-10,13-14H2,1-2H3;1-2H,(H,5,6)(H,7,8). The Morgan fingerprint density at radius 3 is 2.21 bits per heavy atom. The summed E-state index contributed by atoms with van der Waals surface area (Å²) in [5.74, 6) is -2.47. The van der Waals surface area contributed by atoms with Gasteiger partial charge in [0.1, 0.15) is 6.73 Å². The van der Waals surface area contributed by atoms with Crippen molar-refractivity contribution < 1.29 is 33.3 Å². The van der Waals surface area contributed by atoms with Gasteiger partial charge in [0.25, 0.3) is 0 Å². The minimum Gasteiger partial charge on any atom is -0.478 e. The fourth-order valence-electron chi connectivity index (χ4n) is 3.58. The highest BCUT2D eigenvalue weighted by Gasteiger charge is 2.25. The number of benzene rings is 1. The van der Waals surface area contributed by atoms with E-state index in [4.69, 9.17) is 10.2 Å². The molecule has 33 heavy (non-hydrogen) atoms. The highest BCUT2D eigenvalue weighted by Crippen LogP contribution is 2.25. The minimum absolute atomic E-state index is 0.0420. The molecule has 1 aliphatic rings. The molecule has 1 aromatic carbocycles. The molecule has 0 unspecified atom stereocenters. The van der Waals surface area contributed by atoms with Gasteiger partial charge in [-0.25, -0.2) is 22.3 Å². The fraction of sp³-hybridized carbons (Fsp3) is 0.455. The van der Waals surface area contributed by atoms with Crippen LogP contribution in [-0.4, -0.2) is 83.2 Å². The zero-order valence-corrected chi connectivity index (χ0v) is 19.7. The number of aliphatic carboxylic acids is 2. The summed E-state index contributed by atoms with van der Waals surface area (Å²) in [5, 5.41) is 26.2. The summed E-state index contributed by atoms with van der Waals surface area (Å²) in [5.41, 5.74) is 2.89. The van der Waals surface area contributed by atoms with Crippen LogP contribution in [-0.2, 0) is 38.5 Å². The molecule has 1 aliphatic heterocycles. The van der Waals surface area contributed by atoms with Gasteiger partial charge in [-0.2, -0.15) is 0 Å². The number of hydrogen-bond donors (Lipinski definition) is 3. The first kappa shape index (κ1) is 26.5. The summed E-state index contributed by atoms with van der Waals surface area (Å²) in [4.78, 5) is 21.2. The number of hydrogen-bond acceptors (Lipinski definition) is 6. The van der Waals surface area contributed by atoms with Crippen molar-refractivity contribution in [2.45, 2.75) is 31.7 Å². The molecule has 2 heterocycles. The smallest absolute Gasteiger partial charge is 0.328 e. The monoisotopic (exact) mass is 481 g/mol. The molecule has 10 nitrogen and oxygen atoms in total. The van der Waals surface area contributed by atoms with Crippen molar-refractivity contribution in [2.75, 3.05) is 33.7 Å². The summed E-state index contributed by atoms with van der Waals surface area (Å²) in [7, 11) is 0.804. The van der Waals surface area contributed by atoms with E-state index < -0.39 is 22.0 Å². The topological polar surface area (TPSA) is 140 Å². The van der Waals surface area contributed by atoms with Gasteiger partial charge in [-0.3, -0.25) is 0 Å². The van der Waals surface area contributed by atoms with Gasteiger partial charge in [-0.15, -0.1) is 0 Å². The van der Waals surface area contributed by atoms with Gasteiger partial charge >= 0.3 is 11.9 Å². The first-order valence-electron chi connectivity index (χ1n) is 10.5. The van der Waals surface area contributed by atoms with Crippen molar-refractivity contribution in [3.8, 4) is 0 Å². The Hall–Kier alpha value is -2.73. The summed E-state index contributed by atoms with van der Waals surface area (Å²) in [6, 6.07) is 5.75. The van der Waals surface area contributed by atoms with Gasteiger partial charge in [0.05, 0.1) is 11.3 Å². The predicted octanol–water partition coefficient (Wildman–Crippen LogP) is 1.33. The Morgan fingerprint density at radius 1 is 1.09 bits per heavy atom. The maximum atomic E-state index is 12.6. The number of fused-ring (bicyclic) bond motifs is 1. The van der Waals surface area contributed by atoms with Crippen LogP contribution in [0.25, 0.3) is 10.9 Å². The lowest BCUT2D eigenvalue weighted by atomic mass is 10.1. The Kier molecular flexibility index (Phi) is 9.59. The molecule has 0 amide bonds. The van der Waals surface area contributed by atoms with E-state index in [9.17, 15) is 23.1 Å². The number of aromatic nitrogens is 1. The molecule has 2 aromatic rings. The average Bonchev–Trinajstić information content (AvgIpc) is 3.39. The number of aliphatic hydroxyl groups is 1. The SMILES string of the molecule is CN(C)CCc1cn(CO)c2ccc(CS(=O)(=O)N3CCCC3)cc12.O=C(O)C=CC(=O)O. The summed E-state index contributed by atoms with van der Waals surface area (Å²) >= 11 is 0. The molecule has 0 bridgehead atoms. The Balaban J connectivity index is 0.000000414. The predicted molar refractivity (Wildman–Crippen MR) is 124 cm³/mol. The summed E-state index contributed by atoms with van der Waals surface area (Å²) in [6.07, 6.45) is 5.84. The maximum absolute atomic E-state index is 12.6. The van der Waals surface area contributed by atoms with Crippen LogP contribution in [0.4, 0.5) is 0 Å². The van der Waals surface area contributed by atoms with Crippen LogP contribution in [0.2, 0.25) is 0 Å². The molecule has 3 N–H and O–H groups in total. The second-order valence-electron chi connectivity index (χ2n) is 8.04.